The molecule has 0 spiro atoms. The number of rotatable bonds is 0. The lowest BCUT2D eigenvalue weighted by Crippen LogP contribution is -1.80. The summed E-state index contributed by atoms with van der Waals surface area (Å²) in [5.41, 5.74) is 2.04. The molecule has 0 aromatic heterocycles. The first-order valence-corrected chi connectivity index (χ1v) is 8.62. The zero-order chi connectivity index (χ0) is 15.4. The Hall–Kier alpha value is 0.220. The molecule has 0 saturated heterocycles. The fourth-order valence-electron chi connectivity index (χ4n) is 1.24. The van der Waals surface area contributed by atoms with Gasteiger partial charge in [0.05, 0.1) is 8.95 Å². The largest absolute Gasteiger partial charge is 0.206 e. The van der Waals surface area contributed by atoms with Gasteiger partial charge in [0.25, 0.3) is 0 Å². The van der Waals surface area contributed by atoms with Crippen LogP contribution in [0.4, 0.5) is 8.78 Å². The van der Waals surface area contributed by atoms with E-state index in [-0.39, 0.29) is 11.6 Å². The van der Waals surface area contributed by atoms with Gasteiger partial charge in [0, 0.05) is 8.95 Å². The molecule has 0 radical (unpaired) electrons. The highest BCUT2D eigenvalue weighted by Crippen LogP contribution is 2.24. The second-order valence-corrected chi connectivity index (χ2v) is 7.45. The number of hydrogen-bond donors (Lipinski definition) is 0. The Morgan fingerprint density at radius 3 is 1.15 bits per heavy atom. The number of halogens is 6. The summed E-state index contributed by atoms with van der Waals surface area (Å²) < 4.78 is 28.0. The Morgan fingerprint density at radius 2 is 0.900 bits per heavy atom. The summed E-state index contributed by atoms with van der Waals surface area (Å²) in [6.45, 7) is 3.82. The lowest BCUT2D eigenvalue weighted by atomic mass is 10.2. The number of aryl methyl sites for hydroxylation is 2. The van der Waals surface area contributed by atoms with Gasteiger partial charge in [-0.15, -0.1) is 0 Å². The summed E-state index contributed by atoms with van der Waals surface area (Å²) >= 11 is 12.6. The van der Waals surface area contributed by atoms with Gasteiger partial charge < -0.3 is 0 Å². The van der Waals surface area contributed by atoms with Gasteiger partial charge in [0.2, 0.25) is 0 Å². The molecule has 0 unspecified atom stereocenters. The third-order valence-electron chi connectivity index (χ3n) is 2.40. The van der Waals surface area contributed by atoms with Crippen molar-refractivity contribution in [3.8, 4) is 0 Å². The molecule has 2 aromatic rings. The molecule has 0 bridgehead atoms. The maximum Gasteiger partial charge on any atom is 0.138 e. The SMILES string of the molecule is Cc1cc(Br)c(F)cc1Br.Cc1cc(Br)c(F)cc1Br. The zero-order valence-electron chi connectivity index (χ0n) is 10.6. The Labute approximate surface area is 150 Å². The van der Waals surface area contributed by atoms with Crippen LogP contribution in [0.3, 0.4) is 0 Å². The van der Waals surface area contributed by atoms with Crippen LogP contribution in [0.1, 0.15) is 11.1 Å². The second kappa shape index (κ2) is 8.01. The highest BCUT2D eigenvalue weighted by atomic mass is 79.9. The molecule has 0 saturated carbocycles. The van der Waals surface area contributed by atoms with Crippen molar-refractivity contribution >= 4 is 63.7 Å². The molecular weight excluding hydrogens is 526 g/mol. The van der Waals surface area contributed by atoms with Gasteiger partial charge in [-0.05, 0) is 81.1 Å². The third-order valence-corrected chi connectivity index (χ3v) is 5.33. The molecule has 0 fully saturated rings. The minimum atomic E-state index is -0.238. The molecular formula is C14H10Br4F2. The predicted molar refractivity (Wildman–Crippen MR) is 93.1 cm³/mol. The van der Waals surface area contributed by atoms with E-state index in [1.165, 1.54) is 12.1 Å². The maximum absolute atomic E-state index is 12.7. The normalized spacial score (nSPS) is 10.0. The molecule has 0 nitrogen and oxygen atoms in total. The van der Waals surface area contributed by atoms with E-state index >= 15 is 0 Å². The number of hydrogen-bond acceptors (Lipinski definition) is 0. The zero-order valence-corrected chi connectivity index (χ0v) is 16.9. The Bertz CT molecular complexity index is 471. The van der Waals surface area contributed by atoms with E-state index in [1.54, 1.807) is 12.1 Å². The Balaban J connectivity index is 0.000000200. The molecule has 2 rings (SSSR count). The summed E-state index contributed by atoms with van der Waals surface area (Å²) in [7, 11) is 0. The van der Waals surface area contributed by atoms with Crippen molar-refractivity contribution < 1.29 is 8.78 Å². The summed E-state index contributed by atoms with van der Waals surface area (Å²) in [5, 5.41) is 0. The fourth-order valence-corrected chi connectivity index (χ4v) is 2.79. The minimum Gasteiger partial charge on any atom is -0.206 e. The van der Waals surface area contributed by atoms with Crippen molar-refractivity contribution in [3.05, 3.63) is 64.9 Å². The lowest BCUT2D eigenvalue weighted by molar-refractivity contribution is 0.619. The average molecular weight is 536 g/mol. The summed E-state index contributed by atoms with van der Waals surface area (Å²) in [5.74, 6) is -0.477. The van der Waals surface area contributed by atoms with Crippen LogP contribution in [-0.2, 0) is 0 Å². The molecule has 0 aliphatic heterocycles. The monoisotopic (exact) mass is 532 g/mol. The van der Waals surface area contributed by atoms with Gasteiger partial charge >= 0.3 is 0 Å². The third kappa shape index (κ3) is 5.20. The van der Waals surface area contributed by atoms with Crippen LogP contribution in [0.5, 0.6) is 0 Å². The van der Waals surface area contributed by atoms with E-state index in [1.807, 2.05) is 13.8 Å². The summed E-state index contributed by atoms with van der Waals surface area (Å²) in [4.78, 5) is 0. The number of benzene rings is 2. The summed E-state index contributed by atoms with van der Waals surface area (Å²) in [6.07, 6.45) is 0. The van der Waals surface area contributed by atoms with Crippen LogP contribution in [0.25, 0.3) is 0 Å². The van der Waals surface area contributed by atoms with Crippen molar-refractivity contribution in [2.75, 3.05) is 0 Å². The van der Waals surface area contributed by atoms with Gasteiger partial charge in [0.15, 0.2) is 0 Å². The van der Waals surface area contributed by atoms with Crippen LogP contribution in [0, 0.1) is 25.5 Å². The molecule has 0 atom stereocenters. The van der Waals surface area contributed by atoms with Gasteiger partial charge in [-0.2, -0.15) is 0 Å². The van der Waals surface area contributed by atoms with Crippen LogP contribution < -0.4 is 0 Å². The topological polar surface area (TPSA) is 0 Å². The second-order valence-electron chi connectivity index (χ2n) is 4.03. The first-order valence-electron chi connectivity index (χ1n) is 5.44. The average Bonchev–Trinajstić information content (AvgIpc) is 2.35. The molecule has 0 amide bonds. The van der Waals surface area contributed by atoms with E-state index in [0.29, 0.717) is 8.95 Å². The van der Waals surface area contributed by atoms with E-state index < -0.39 is 0 Å². The van der Waals surface area contributed by atoms with Crippen molar-refractivity contribution in [3.63, 3.8) is 0 Å². The lowest BCUT2D eigenvalue weighted by Gasteiger charge is -1.98. The quantitative estimate of drug-likeness (QED) is 0.310. The smallest absolute Gasteiger partial charge is 0.138 e. The standard InChI is InChI=1S/2C7H5Br2F/c2*1-4-2-6(9)7(10)3-5(4)8/h2*2-3H,1H3. The van der Waals surface area contributed by atoms with Crippen LogP contribution >= 0.6 is 63.7 Å². The molecule has 0 heterocycles. The first-order chi connectivity index (χ1) is 9.22. The maximum atomic E-state index is 12.7. The predicted octanol–water partition coefficient (Wildman–Crippen LogP) is 7.32. The van der Waals surface area contributed by atoms with Crippen molar-refractivity contribution in [1.82, 2.24) is 0 Å². The molecule has 6 heteroatoms. The Morgan fingerprint density at radius 1 is 0.600 bits per heavy atom. The first kappa shape index (κ1) is 18.3. The molecule has 0 N–H and O–H groups in total. The van der Waals surface area contributed by atoms with Crippen molar-refractivity contribution in [2.24, 2.45) is 0 Å². The van der Waals surface area contributed by atoms with Gasteiger partial charge in [-0.3, -0.25) is 0 Å². The highest BCUT2D eigenvalue weighted by molar-refractivity contribution is 9.11. The highest BCUT2D eigenvalue weighted by Gasteiger charge is 2.02. The molecule has 0 aliphatic carbocycles. The van der Waals surface area contributed by atoms with Gasteiger partial charge in [-0.25, -0.2) is 8.78 Å². The van der Waals surface area contributed by atoms with E-state index in [0.717, 1.165) is 20.1 Å². The van der Waals surface area contributed by atoms with Crippen molar-refractivity contribution in [2.45, 2.75) is 13.8 Å². The molecule has 0 aliphatic rings. The van der Waals surface area contributed by atoms with E-state index in [9.17, 15) is 8.78 Å². The van der Waals surface area contributed by atoms with Gasteiger partial charge in [-0.1, -0.05) is 31.9 Å². The van der Waals surface area contributed by atoms with Crippen LogP contribution in [-0.4, -0.2) is 0 Å². The molecule has 20 heavy (non-hydrogen) atoms. The molecule has 2 aromatic carbocycles. The minimum absolute atomic E-state index is 0.238. The van der Waals surface area contributed by atoms with Crippen LogP contribution in [0.2, 0.25) is 0 Å². The summed E-state index contributed by atoms with van der Waals surface area (Å²) in [6, 6.07) is 6.36. The van der Waals surface area contributed by atoms with Gasteiger partial charge in [0.1, 0.15) is 11.6 Å². The van der Waals surface area contributed by atoms with Crippen molar-refractivity contribution in [1.29, 1.82) is 0 Å². The van der Waals surface area contributed by atoms with E-state index in [4.69, 9.17) is 0 Å². The molecule has 108 valence electrons. The van der Waals surface area contributed by atoms with E-state index in [2.05, 4.69) is 63.7 Å². The fraction of sp³-hybridized carbons (Fsp3) is 0.143. The Kier molecular flexibility index (Phi) is 7.32. The van der Waals surface area contributed by atoms with Crippen LogP contribution in [0.15, 0.2) is 42.2 Å².